The number of aryl methyl sites for hydroxylation is 2. The first kappa shape index (κ1) is 19.4. The summed E-state index contributed by atoms with van der Waals surface area (Å²) in [5.41, 5.74) is 4.25. The van der Waals surface area contributed by atoms with Gasteiger partial charge in [-0.25, -0.2) is 0 Å². The quantitative estimate of drug-likeness (QED) is 0.804. The number of fused-ring (bicyclic) bond motifs is 1. The smallest absolute Gasteiger partial charge is 0.255 e. The van der Waals surface area contributed by atoms with Crippen LogP contribution in [0.1, 0.15) is 71.6 Å². The molecule has 1 saturated carbocycles. The fourth-order valence-electron chi connectivity index (χ4n) is 5.07. The Morgan fingerprint density at radius 1 is 1.00 bits per heavy atom. The Hall–Kier alpha value is -1.88. The minimum Gasteiger partial charge on any atom is -0.340 e. The molecule has 0 aromatic heterocycles. The topological polar surface area (TPSA) is 43.9 Å². The molecule has 5 nitrogen and oxygen atoms in total. The first-order valence-corrected chi connectivity index (χ1v) is 10.9. The summed E-state index contributed by atoms with van der Waals surface area (Å²) >= 11 is 0. The van der Waals surface area contributed by atoms with E-state index in [1.165, 1.54) is 24.8 Å². The van der Waals surface area contributed by atoms with Crippen molar-refractivity contribution in [3.8, 4) is 0 Å². The van der Waals surface area contributed by atoms with Gasteiger partial charge in [0.1, 0.15) is 0 Å². The van der Waals surface area contributed by atoms with Gasteiger partial charge in [0.2, 0.25) is 5.91 Å². The Morgan fingerprint density at radius 2 is 1.64 bits per heavy atom. The number of carbonyl (C=O) groups excluding carboxylic acids is 2. The van der Waals surface area contributed by atoms with Gasteiger partial charge in [-0.3, -0.25) is 9.59 Å². The van der Waals surface area contributed by atoms with E-state index in [4.69, 9.17) is 0 Å². The van der Waals surface area contributed by atoms with Gasteiger partial charge >= 0.3 is 0 Å². The van der Waals surface area contributed by atoms with Crippen molar-refractivity contribution in [3.05, 3.63) is 34.4 Å². The Kier molecular flexibility index (Phi) is 5.46. The largest absolute Gasteiger partial charge is 0.340 e. The predicted molar refractivity (Wildman–Crippen MR) is 110 cm³/mol. The van der Waals surface area contributed by atoms with E-state index >= 15 is 0 Å². The van der Waals surface area contributed by atoms with Crippen LogP contribution in [0.3, 0.4) is 0 Å². The molecule has 5 heteroatoms. The van der Waals surface area contributed by atoms with E-state index in [-0.39, 0.29) is 23.9 Å². The lowest BCUT2D eigenvalue weighted by atomic mass is 9.92. The van der Waals surface area contributed by atoms with Crippen LogP contribution in [0.15, 0.2) is 12.1 Å². The van der Waals surface area contributed by atoms with Gasteiger partial charge in [0.15, 0.2) is 0 Å². The molecule has 2 amide bonds. The molecule has 3 aliphatic rings. The van der Waals surface area contributed by atoms with Gasteiger partial charge in [-0.2, -0.15) is 0 Å². The van der Waals surface area contributed by atoms with Crippen LogP contribution < -0.4 is 0 Å². The minimum absolute atomic E-state index is 0.0999. The highest BCUT2D eigenvalue weighted by molar-refractivity contribution is 6.00. The van der Waals surface area contributed by atoms with Crippen LogP contribution in [0.4, 0.5) is 0 Å². The SMILES string of the molecule is Cc1cc2c(cc1C)C(CC(=O)N1CCN(C)CC1)N(C1CCCCC1)C2=O. The maximum absolute atomic E-state index is 13.4. The molecule has 1 unspecified atom stereocenters. The van der Waals surface area contributed by atoms with Crippen molar-refractivity contribution >= 4 is 11.8 Å². The molecule has 1 aromatic carbocycles. The summed E-state index contributed by atoms with van der Waals surface area (Å²) in [6, 6.07) is 4.38. The number of hydrogen-bond acceptors (Lipinski definition) is 3. The van der Waals surface area contributed by atoms with E-state index in [2.05, 4.69) is 36.8 Å². The second-order valence-electron chi connectivity index (χ2n) is 8.93. The lowest BCUT2D eigenvalue weighted by Gasteiger charge is -2.37. The van der Waals surface area contributed by atoms with Crippen molar-refractivity contribution in [2.24, 2.45) is 0 Å². The van der Waals surface area contributed by atoms with Crippen molar-refractivity contribution < 1.29 is 9.59 Å². The van der Waals surface area contributed by atoms with Gasteiger partial charge in [-0.1, -0.05) is 25.3 Å². The van der Waals surface area contributed by atoms with Gasteiger partial charge < -0.3 is 14.7 Å². The number of likely N-dealkylation sites (N-methyl/N-ethyl adjacent to an activating group) is 1. The molecule has 2 aliphatic heterocycles. The minimum atomic E-state index is -0.0999. The molecule has 28 heavy (non-hydrogen) atoms. The van der Waals surface area contributed by atoms with Crippen LogP contribution in [0.5, 0.6) is 0 Å². The van der Waals surface area contributed by atoms with Gasteiger partial charge in [0.05, 0.1) is 12.5 Å². The molecule has 0 N–H and O–H groups in total. The van der Waals surface area contributed by atoms with Crippen molar-refractivity contribution in [1.29, 1.82) is 0 Å². The number of benzene rings is 1. The number of rotatable bonds is 3. The molecule has 1 atom stereocenters. The summed E-state index contributed by atoms with van der Waals surface area (Å²) in [6.45, 7) is 7.60. The van der Waals surface area contributed by atoms with Crippen molar-refractivity contribution in [2.75, 3.05) is 33.2 Å². The summed E-state index contributed by atoms with van der Waals surface area (Å²) < 4.78 is 0. The van der Waals surface area contributed by atoms with Crippen LogP contribution in [-0.2, 0) is 4.79 Å². The van der Waals surface area contributed by atoms with E-state index in [0.29, 0.717) is 6.42 Å². The maximum Gasteiger partial charge on any atom is 0.255 e. The summed E-state index contributed by atoms with van der Waals surface area (Å²) in [7, 11) is 2.10. The number of carbonyl (C=O) groups is 2. The van der Waals surface area contributed by atoms with Gasteiger partial charge in [0, 0.05) is 37.8 Å². The van der Waals surface area contributed by atoms with Gasteiger partial charge in [-0.15, -0.1) is 0 Å². The second kappa shape index (κ2) is 7.86. The third-order valence-corrected chi connectivity index (χ3v) is 7.02. The summed E-state index contributed by atoms with van der Waals surface area (Å²) in [5.74, 6) is 0.332. The van der Waals surface area contributed by atoms with Crippen LogP contribution >= 0.6 is 0 Å². The molecule has 0 bridgehead atoms. The Bertz CT molecular complexity index is 761. The lowest BCUT2D eigenvalue weighted by molar-refractivity contribution is -0.134. The maximum atomic E-state index is 13.4. The van der Waals surface area contributed by atoms with Crippen LogP contribution in [0.2, 0.25) is 0 Å². The van der Waals surface area contributed by atoms with E-state index < -0.39 is 0 Å². The van der Waals surface area contributed by atoms with E-state index in [9.17, 15) is 9.59 Å². The zero-order valence-electron chi connectivity index (χ0n) is 17.5. The van der Waals surface area contributed by atoms with Crippen molar-refractivity contribution in [3.63, 3.8) is 0 Å². The third kappa shape index (κ3) is 3.57. The highest BCUT2D eigenvalue weighted by Gasteiger charge is 2.42. The fraction of sp³-hybridized carbons (Fsp3) is 0.652. The Balaban J connectivity index is 1.62. The molecule has 1 saturated heterocycles. The second-order valence-corrected chi connectivity index (χ2v) is 8.93. The highest BCUT2D eigenvalue weighted by Crippen LogP contribution is 2.42. The predicted octanol–water partition coefficient (Wildman–Crippen LogP) is 3.30. The molecule has 152 valence electrons. The molecule has 0 spiro atoms. The zero-order valence-corrected chi connectivity index (χ0v) is 17.5. The molecule has 2 heterocycles. The normalized spacial score (nSPS) is 24.0. The number of piperazine rings is 1. The molecule has 1 aromatic rings. The third-order valence-electron chi connectivity index (χ3n) is 7.02. The molecule has 0 radical (unpaired) electrons. The first-order chi connectivity index (χ1) is 13.5. The molecular weight excluding hydrogens is 350 g/mol. The van der Waals surface area contributed by atoms with E-state index in [1.54, 1.807) is 0 Å². The zero-order chi connectivity index (χ0) is 19.8. The monoisotopic (exact) mass is 383 g/mol. The molecule has 2 fully saturated rings. The summed E-state index contributed by atoms with van der Waals surface area (Å²) in [4.78, 5) is 32.8. The molecule has 4 rings (SSSR count). The van der Waals surface area contributed by atoms with Crippen LogP contribution in [0.25, 0.3) is 0 Å². The first-order valence-electron chi connectivity index (χ1n) is 10.9. The number of amides is 2. The van der Waals surface area contributed by atoms with Crippen molar-refractivity contribution in [1.82, 2.24) is 14.7 Å². The van der Waals surface area contributed by atoms with Crippen LogP contribution in [-0.4, -0.2) is 65.8 Å². The van der Waals surface area contributed by atoms with Gasteiger partial charge in [-0.05, 0) is 56.5 Å². The Labute approximate surface area is 168 Å². The van der Waals surface area contributed by atoms with Crippen molar-refractivity contribution in [2.45, 2.75) is 64.5 Å². The van der Waals surface area contributed by atoms with E-state index in [1.807, 2.05) is 11.0 Å². The highest BCUT2D eigenvalue weighted by atomic mass is 16.2. The average Bonchev–Trinajstić information content (AvgIpc) is 2.94. The molecular formula is C23H33N3O2. The Morgan fingerprint density at radius 3 is 2.32 bits per heavy atom. The summed E-state index contributed by atoms with van der Waals surface area (Å²) in [6.07, 6.45) is 6.17. The number of hydrogen-bond donors (Lipinski definition) is 0. The molecule has 1 aliphatic carbocycles. The van der Waals surface area contributed by atoms with Gasteiger partial charge in [0.25, 0.3) is 5.91 Å². The average molecular weight is 384 g/mol. The summed E-state index contributed by atoms with van der Waals surface area (Å²) in [5, 5.41) is 0. The van der Waals surface area contributed by atoms with Crippen LogP contribution in [0, 0.1) is 13.8 Å². The number of nitrogens with zero attached hydrogens (tertiary/aromatic N) is 3. The fourth-order valence-corrected chi connectivity index (χ4v) is 5.07. The van der Waals surface area contributed by atoms with E-state index in [0.717, 1.165) is 55.7 Å². The lowest BCUT2D eigenvalue weighted by Crippen LogP contribution is -2.48. The standard InChI is InChI=1S/C23H33N3O2/c1-16-13-19-20(14-17(16)2)23(28)26(18-7-5-4-6-8-18)21(19)15-22(27)25-11-9-24(3)10-12-25/h13-14,18,21H,4-12,15H2,1-3H3.